The molecule has 2 aliphatic rings. The standard InChI is InChI=1S/C29H42N4O2/c1-21-17-28(12-9-25(21)20-33-15-14-30-22(2)19-33)32(3)29(35)24-7-10-26(11-8-24)31-27-6-4-5-23(18-27)13-16-34/h4-6,9,12,17-18,22,24,26,30-31,34H,7-8,10-11,13-16,19-20H2,1-3H3/t22-,24?,26?/m0/s1. The molecule has 1 atom stereocenters. The lowest BCUT2D eigenvalue weighted by Crippen LogP contribution is -2.48. The minimum Gasteiger partial charge on any atom is -0.396 e. The highest BCUT2D eigenvalue weighted by molar-refractivity contribution is 5.94. The van der Waals surface area contributed by atoms with E-state index in [1.807, 2.05) is 24.1 Å². The highest BCUT2D eigenvalue weighted by atomic mass is 16.3. The largest absolute Gasteiger partial charge is 0.396 e. The highest BCUT2D eigenvalue weighted by Gasteiger charge is 2.29. The van der Waals surface area contributed by atoms with Crippen molar-refractivity contribution in [2.45, 2.75) is 64.6 Å². The minimum absolute atomic E-state index is 0.0843. The van der Waals surface area contributed by atoms with E-state index in [0.717, 1.165) is 68.8 Å². The lowest BCUT2D eigenvalue weighted by Gasteiger charge is -2.33. The lowest BCUT2D eigenvalue weighted by molar-refractivity contribution is -0.123. The number of benzene rings is 2. The van der Waals surface area contributed by atoms with Crippen LogP contribution in [0, 0.1) is 12.8 Å². The summed E-state index contributed by atoms with van der Waals surface area (Å²) in [7, 11) is 1.92. The number of piperazine rings is 1. The van der Waals surface area contributed by atoms with Crippen LogP contribution in [0.15, 0.2) is 42.5 Å². The Morgan fingerprint density at radius 3 is 2.69 bits per heavy atom. The summed E-state index contributed by atoms with van der Waals surface area (Å²) < 4.78 is 0. The second kappa shape index (κ2) is 12.0. The quantitative estimate of drug-likeness (QED) is 0.536. The molecule has 0 aromatic heterocycles. The van der Waals surface area contributed by atoms with E-state index in [9.17, 15) is 9.90 Å². The maximum absolute atomic E-state index is 13.3. The molecule has 1 amide bonds. The van der Waals surface area contributed by atoms with Crippen LogP contribution in [0.2, 0.25) is 0 Å². The number of amides is 1. The number of hydrogen-bond acceptors (Lipinski definition) is 5. The van der Waals surface area contributed by atoms with E-state index in [0.29, 0.717) is 18.5 Å². The summed E-state index contributed by atoms with van der Waals surface area (Å²) in [6.45, 7) is 8.74. The second-order valence-electron chi connectivity index (χ2n) is 10.5. The first kappa shape index (κ1) is 25.7. The summed E-state index contributed by atoms with van der Waals surface area (Å²) in [4.78, 5) is 17.7. The zero-order valence-corrected chi connectivity index (χ0v) is 21.6. The van der Waals surface area contributed by atoms with Crippen molar-refractivity contribution in [2.75, 3.05) is 43.5 Å². The van der Waals surface area contributed by atoms with E-state index in [1.54, 1.807) is 0 Å². The smallest absolute Gasteiger partial charge is 0.229 e. The molecule has 6 heteroatoms. The van der Waals surface area contributed by atoms with Gasteiger partial charge < -0.3 is 20.6 Å². The third kappa shape index (κ3) is 6.84. The Morgan fingerprint density at radius 2 is 1.97 bits per heavy atom. The van der Waals surface area contributed by atoms with Gasteiger partial charge in [0.25, 0.3) is 0 Å². The van der Waals surface area contributed by atoms with Gasteiger partial charge in [-0.3, -0.25) is 9.69 Å². The summed E-state index contributed by atoms with van der Waals surface area (Å²) in [6, 6.07) is 15.7. The molecule has 4 rings (SSSR count). The molecule has 1 saturated heterocycles. The first-order valence-electron chi connectivity index (χ1n) is 13.2. The predicted molar refractivity (Wildman–Crippen MR) is 144 cm³/mol. The normalized spacial score (nSPS) is 23.1. The molecule has 2 aromatic carbocycles. The number of nitrogens with one attached hydrogen (secondary N) is 2. The maximum Gasteiger partial charge on any atom is 0.229 e. The average molecular weight is 479 g/mol. The van der Waals surface area contributed by atoms with E-state index in [-0.39, 0.29) is 18.4 Å². The van der Waals surface area contributed by atoms with Crippen molar-refractivity contribution in [1.29, 1.82) is 0 Å². The average Bonchev–Trinajstić information content (AvgIpc) is 2.85. The van der Waals surface area contributed by atoms with Crippen molar-refractivity contribution < 1.29 is 9.90 Å². The van der Waals surface area contributed by atoms with Crippen molar-refractivity contribution in [3.05, 3.63) is 59.2 Å². The van der Waals surface area contributed by atoms with E-state index in [1.165, 1.54) is 11.1 Å². The number of anilines is 2. The zero-order valence-electron chi connectivity index (χ0n) is 21.6. The van der Waals surface area contributed by atoms with Crippen LogP contribution < -0.4 is 15.5 Å². The van der Waals surface area contributed by atoms with Gasteiger partial charge in [-0.25, -0.2) is 0 Å². The molecule has 190 valence electrons. The third-order valence-electron chi connectivity index (χ3n) is 7.67. The Balaban J connectivity index is 1.29. The molecule has 1 saturated carbocycles. The van der Waals surface area contributed by atoms with Crippen molar-refractivity contribution in [3.8, 4) is 0 Å². The van der Waals surface area contributed by atoms with Gasteiger partial charge in [-0.1, -0.05) is 18.2 Å². The first-order chi connectivity index (χ1) is 16.9. The molecule has 3 N–H and O–H groups in total. The van der Waals surface area contributed by atoms with Crippen molar-refractivity contribution in [1.82, 2.24) is 10.2 Å². The van der Waals surface area contributed by atoms with Gasteiger partial charge in [0.1, 0.15) is 0 Å². The van der Waals surface area contributed by atoms with Crippen LogP contribution in [0.1, 0.15) is 49.3 Å². The fourth-order valence-corrected chi connectivity index (χ4v) is 5.53. The molecule has 2 fully saturated rings. The summed E-state index contributed by atoms with van der Waals surface area (Å²) in [5.41, 5.74) is 5.84. The second-order valence-corrected chi connectivity index (χ2v) is 10.5. The molecule has 0 bridgehead atoms. The Kier molecular flexibility index (Phi) is 8.82. The molecule has 2 aromatic rings. The summed E-state index contributed by atoms with van der Waals surface area (Å²) in [6.07, 6.45) is 4.49. The first-order valence-corrected chi connectivity index (χ1v) is 13.2. The van der Waals surface area contributed by atoms with Gasteiger partial charge in [0, 0.05) is 69.2 Å². The fourth-order valence-electron chi connectivity index (χ4n) is 5.53. The molecule has 1 aliphatic heterocycles. The minimum atomic E-state index is 0.0843. The van der Waals surface area contributed by atoms with Gasteiger partial charge in [0.2, 0.25) is 5.91 Å². The summed E-state index contributed by atoms with van der Waals surface area (Å²) >= 11 is 0. The highest BCUT2D eigenvalue weighted by Crippen LogP contribution is 2.30. The Labute approximate surface area is 210 Å². The summed E-state index contributed by atoms with van der Waals surface area (Å²) in [5.74, 6) is 0.317. The molecule has 0 unspecified atom stereocenters. The van der Waals surface area contributed by atoms with Crippen LogP contribution >= 0.6 is 0 Å². The monoisotopic (exact) mass is 478 g/mol. The number of nitrogens with zero attached hydrogens (tertiary/aromatic N) is 2. The van der Waals surface area contributed by atoms with E-state index in [4.69, 9.17) is 0 Å². The number of carbonyl (C=O) groups is 1. The van der Waals surface area contributed by atoms with E-state index >= 15 is 0 Å². The SMILES string of the molecule is Cc1cc(N(C)C(=O)C2CCC(Nc3cccc(CCO)c3)CC2)ccc1CN1CCN[C@@H](C)C1. The van der Waals surface area contributed by atoms with Gasteiger partial charge in [0.05, 0.1) is 0 Å². The maximum atomic E-state index is 13.3. The molecular weight excluding hydrogens is 436 g/mol. The Hall–Kier alpha value is -2.41. The fraction of sp³-hybridized carbons (Fsp3) is 0.552. The molecule has 6 nitrogen and oxygen atoms in total. The Bertz CT molecular complexity index is 986. The van der Waals surface area contributed by atoms with Gasteiger partial charge in [-0.2, -0.15) is 0 Å². The molecular formula is C29H42N4O2. The van der Waals surface area contributed by atoms with Crippen LogP contribution in [-0.4, -0.2) is 61.3 Å². The van der Waals surface area contributed by atoms with Gasteiger partial charge in [-0.05, 0) is 86.9 Å². The number of hydrogen-bond donors (Lipinski definition) is 3. The van der Waals surface area contributed by atoms with Crippen molar-refractivity contribution >= 4 is 17.3 Å². The van der Waals surface area contributed by atoms with Crippen LogP contribution in [-0.2, 0) is 17.8 Å². The van der Waals surface area contributed by atoms with Gasteiger partial charge in [0.15, 0.2) is 0 Å². The number of aliphatic hydroxyl groups excluding tert-OH is 1. The van der Waals surface area contributed by atoms with Crippen LogP contribution in [0.3, 0.4) is 0 Å². The lowest BCUT2D eigenvalue weighted by atomic mass is 9.85. The number of carbonyl (C=O) groups excluding carboxylic acids is 1. The van der Waals surface area contributed by atoms with Crippen molar-refractivity contribution in [3.63, 3.8) is 0 Å². The molecule has 1 heterocycles. The molecule has 1 aliphatic carbocycles. The van der Waals surface area contributed by atoms with Gasteiger partial charge >= 0.3 is 0 Å². The van der Waals surface area contributed by atoms with E-state index < -0.39 is 0 Å². The molecule has 35 heavy (non-hydrogen) atoms. The van der Waals surface area contributed by atoms with Crippen LogP contribution in [0.4, 0.5) is 11.4 Å². The van der Waals surface area contributed by atoms with E-state index in [2.05, 4.69) is 59.7 Å². The summed E-state index contributed by atoms with van der Waals surface area (Å²) in [5, 5.41) is 16.3. The number of rotatable bonds is 8. The zero-order chi connectivity index (χ0) is 24.8. The number of aryl methyl sites for hydroxylation is 1. The number of aliphatic hydroxyl groups is 1. The van der Waals surface area contributed by atoms with Gasteiger partial charge in [-0.15, -0.1) is 0 Å². The topological polar surface area (TPSA) is 67.8 Å². The Morgan fingerprint density at radius 1 is 1.17 bits per heavy atom. The van der Waals surface area contributed by atoms with Crippen molar-refractivity contribution in [2.24, 2.45) is 5.92 Å². The third-order valence-corrected chi connectivity index (χ3v) is 7.67. The van der Waals surface area contributed by atoms with Crippen LogP contribution in [0.5, 0.6) is 0 Å². The molecule has 0 spiro atoms. The molecule has 0 radical (unpaired) electrons. The predicted octanol–water partition coefficient (Wildman–Crippen LogP) is 3.96. The van der Waals surface area contributed by atoms with Crippen LogP contribution in [0.25, 0.3) is 0 Å².